The van der Waals surface area contributed by atoms with Crippen LogP contribution in [0.4, 0.5) is 0 Å². The van der Waals surface area contributed by atoms with Crippen molar-refractivity contribution in [3.8, 4) is 0 Å². The van der Waals surface area contributed by atoms with Crippen molar-refractivity contribution in [1.29, 1.82) is 0 Å². The molecule has 102 valence electrons. The summed E-state index contributed by atoms with van der Waals surface area (Å²) in [6, 6.07) is 6.54. The topological polar surface area (TPSA) is 32.3 Å². The second kappa shape index (κ2) is 7.82. The fourth-order valence-corrected chi connectivity index (χ4v) is 2.65. The molecule has 2 nitrogen and oxygen atoms in total. The van der Waals surface area contributed by atoms with Gasteiger partial charge in [-0.3, -0.25) is 0 Å². The minimum Gasteiger partial charge on any atom is -0.395 e. The maximum absolute atomic E-state index is 9.15. The van der Waals surface area contributed by atoms with Crippen molar-refractivity contribution in [3.63, 3.8) is 0 Å². The highest BCUT2D eigenvalue weighted by Crippen LogP contribution is 2.27. The molecule has 0 radical (unpaired) electrons. The first-order valence-corrected chi connectivity index (χ1v) is 7.48. The maximum atomic E-state index is 9.15. The number of benzene rings is 1. The summed E-state index contributed by atoms with van der Waals surface area (Å²) < 4.78 is 0. The normalized spacial score (nSPS) is 13.0. The van der Waals surface area contributed by atoms with Crippen LogP contribution in [0.25, 0.3) is 0 Å². The van der Waals surface area contributed by atoms with E-state index in [2.05, 4.69) is 51.2 Å². The Balaban J connectivity index is 2.70. The van der Waals surface area contributed by atoms with E-state index in [0.29, 0.717) is 5.92 Å². The van der Waals surface area contributed by atoms with E-state index in [9.17, 15) is 0 Å². The summed E-state index contributed by atoms with van der Waals surface area (Å²) in [7, 11) is 0. The molecule has 3 heteroatoms. The van der Waals surface area contributed by atoms with Crippen LogP contribution in [0.15, 0.2) is 23.1 Å². The quantitative estimate of drug-likeness (QED) is 0.744. The van der Waals surface area contributed by atoms with Gasteiger partial charge >= 0.3 is 0 Å². The van der Waals surface area contributed by atoms with Crippen LogP contribution in [-0.4, -0.2) is 23.5 Å². The first kappa shape index (κ1) is 15.5. The van der Waals surface area contributed by atoms with Gasteiger partial charge in [0.1, 0.15) is 0 Å². The molecule has 18 heavy (non-hydrogen) atoms. The minimum atomic E-state index is 0.220. The van der Waals surface area contributed by atoms with Gasteiger partial charge in [-0.25, -0.2) is 0 Å². The summed E-state index contributed by atoms with van der Waals surface area (Å²) in [5.41, 5.74) is 2.62. The number of hydrogen-bond donors (Lipinski definition) is 2. The predicted octanol–water partition coefficient (Wildman–Crippen LogP) is 3.21. The molecule has 0 spiro atoms. The number of thioether (sulfide) groups is 1. The molecule has 1 aromatic rings. The summed E-state index contributed by atoms with van der Waals surface area (Å²) in [4.78, 5) is 1.28. The molecule has 0 bridgehead atoms. The fraction of sp³-hybridized carbons (Fsp3) is 0.600. The zero-order valence-corrected chi connectivity index (χ0v) is 12.7. The van der Waals surface area contributed by atoms with Crippen LogP contribution in [0.1, 0.15) is 31.9 Å². The number of nitrogens with one attached hydrogen (secondary N) is 1. The van der Waals surface area contributed by atoms with Crippen LogP contribution in [0, 0.1) is 12.8 Å². The van der Waals surface area contributed by atoms with E-state index < -0.39 is 0 Å². The number of aryl methyl sites for hydroxylation is 1. The third-order valence-corrected chi connectivity index (χ3v) is 3.87. The molecule has 1 unspecified atom stereocenters. The third kappa shape index (κ3) is 5.42. The highest BCUT2D eigenvalue weighted by molar-refractivity contribution is 8.00. The van der Waals surface area contributed by atoms with Gasteiger partial charge in [0.15, 0.2) is 0 Å². The van der Waals surface area contributed by atoms with Gasteiger partial charge in [-0.05, 0) is 31.0 Å². The highest BCUT2D eigenvalue weighted by Gasteiger charge is 2.08. The Hall–Kier alpha value is -0.510. The van der Waals surface area contributed by atoms with Crippen molar-refractivity contribution < 1.29 is 5.11 Å². The van der Waals surface area contributed by atoms with Crippen molar-refractivity contribution in [1.82, 2.24) is 5.32 Å². The lowest BCUT2D eigenvalue weighted by atomic mass is 10.1. The van der Waals surface area contributed by atoms with Crippen molar-refractivity contribution in [2.24, 2.45) is 5.92 Å². The highest BCUT2D eigenvalue weighted by atomic mass is 32.2. The lowest BCUT2D eigenvalue weighted by Gasteiger charge is -2.15. The summed E-state index contributed by atoms with van der Waals surface area (Å²) in [5, 5.41) is 12.9. The lowest BCUT2D eigenvalue weighted by molar-refractivity contribution is 0.300. The standard InChI is InChI=1S/C15H25NOS/c1-11(2)8-16-9-14-7-12(3)5-6-15(14)18-13(4)10-17/h5-7,11,13,16-17H,8-10H2,1-4H3. The van der Waals surface area contributed by atoms with E-state index in [0.717, 1.165) is 13.1 Å². The van der Waals surface area contributed by atoms with Crippen molar-refractivity contribution in [2.45, 2.75) is 44.4 Å². The zero-order valence-electron chi connectivity index (χ0n) is 11.9. The van der Waals surface area contributed by atoms with E-state index in [4.69, 9.17) is 5.11 Å². The Kier molecular flexibility index (Phi) is 6.76. The SMILES string of the molecule is Cc1ccc(SC(C)CO)c(CNCC(C)C)c1. The van der Waals surface area contributed by atoms with Gasteiger partial charge in [0, 0.05) is 16.7 Å². The second-order valence-corrected chi connectivity index (χ2v) is 6.73. The number of aliphatic hydroxyl groups excluding tert-OH is 1. The van der Waals surface area contributed by atoms with E-state index in [1.165, 1.54) is 16.0 Å². The molecule has 1 atom stereocenters. The maximum Gasteiger partial charge on any atom is 0.0550 e. The van der Waals surface area contributed by atoms with E-state index in [1.807, 2.05) is 0 Å². The molecule has 0 amide bonds. The number of hydrogen-bond acceptors (Lipinski definition) is 3. The molecular formula is C15H25NOS. The van der Waals surface area contributed by atoms with Crippen LogP contribution in [-0.2, 0) is 6.54 Å². The summed E-state index contributed by atoms with van der Waals surface area (Å²) in [6.07, 6.45) is 0. The Bertz CT molecular complexity index is 366. The molecular weight excluding hydrogens is 242 g/mol. The van der Waals surface area contributed by atoms with E-state index in [-0.39, 0.29) is 11.9 Å². The van der Waals surface area contributed by atoms with Crippen molar-refractivity contribution in [2.75, 3.05) is 13.2 Å². The summed E-state index contributed by atoms with van der Waals surface area (Å²) >= 11 is 1.75. The van der Waals surface area contributed by atoms with Gasteiger partial charge < -0.3 is 10.4 Å². The second-order valence-electron chi connectivity index (χ2n) is 5.25. The molecule has 0 fully saturated rings. The minimum absolute atomic E-state index is 0.220. The molecule has 0 saturated heterocycles. The molecule has 1 rings (SSSR count). The average molecular weight is 267 g/mol. The molecule has 0 saturated carbocycles. The summed E-state index contributed by atoms with van der Waals surface area (Å²) in [5.74, 6) is 0.669. The smallest absolute Gasteiger partial charge is 0.0550 e. The first-order chi connectivity index (χ1) is 8.52. The largest absolute Gasteiger partial charge is 0.395 e. The van der Waals surface area contributed by atoms with Crippen LogP contribution in [0.5, 0.6) is 0 Å². The molecule has 1 aromatic carbocycles. The Morgan fingerprint density at radius 2 is 2.00 bits per heavy atom. The molecule has 0 heterocycles. The monoisotopic (exact) mass is 267 g/mol. The van der Waals surface area contributed by atoms with Gasteiger partial charge in [-0.15, -0.1) is 11.8 Å². The van der Waals surface area contributed by atoms with Crippen LogP contribution in [0.3, 0.4) is 0 Å². The van der Waals surface area contributed by atoms with E-state index in [1.54, 1.807) is 11.8 Å². The van der Waals surface area contributed by atoms with E-state index >= 15 is 0 Å². The lowest BCUT2D eigenvalue weighted by Crippen LogP contribution is -2.19. The van der Waals surface area contributed by atoms with Gasteiger partial charge in [0.2, 0.25) is 0 Å². The first-order valence-electron chi connectivity index (χ1n) is 6.60. The average Bonchev–Trinajstić information content (AvgIpc) is 2.31. The molecule has 0 aliphatic heterocycles. The number of rotatable bonds is 7. The Morgan fingerprint density at radius 1 is 1.28 bits per heavy atom. The van der Waals surface area contributed by atoms with Gasteiger partial charge in [0.05, 0.1) is 6.61 Å². The molecule has 0 aliphatic carbocycles. The van der Waals surface area contributed by atoms with Crippen molar-refractivity contribution >= 4 is 11.8 Å². The Labute approximate surface area is 115 Å². The third-order valence-electron chi connectivity index (χ3n) is 2.67. The summed E-state index contributed by atoms with van der Waals surface area (Å²) in [6.45, 7) is 10.8. The zero-order chi connectivity index (χ0) is 13.5. The fourth-order valence-electron chi connectivity index (χ4n) is 1.71. The molecule has 0 aromatic heterocycles. The molecule has 2 N–H and O–H groups in total. The predicted molar refractivity (Wildman–Crippen MR) is 80.1 cm³/mol. The number of aliphatic hydroxyl groups is 1. The van der Waals surface area contributed by atoms with Gasteiger partial charge in [0.25, 0.3) is 0 Å². The van der Waals surface area contributed by atoms with Crippen LogP contribution < -0.4 is 5.32 Å². The Morgan fingerprint density at radius 3 is 2.61 bits per heavy atom. The van der Waals surface area contributed by atoms with Crippen LogP contribution >= 0.6 is 11.8 Å². The molecule has 0 aliphatic rings. The van der Waals surface area contributed by atoms with Gasteiger partial charge in [-0.2, -0.15) is 0 Å². The van der Waals surface area contributed by atoms with Crippen molar-refractivity contribution in [3.05, 3.63) is 29.3 Å². The van der Waals surface area contributed by atoms with Crippen LogP contribution in [0.2, 0.25) is 0 Å². The van der Waals surface area contributed by atoms with Gasteiger partial charge in [-0.1, -0.05) is 38.5 Å².